The number of halogens is 1. The SMILES string of the molecule is Cc1cc(Cc2cc(C)c(=O)[nH]n2)n(C)c1C(=O)c1ccc(Cl)cc1. The van der Waals surface area contributed by atoms with Crippen molar-refractivity contribution in [3.63, 3.8) is 0 Å². The van der Waals surface area contributed by atoms with Crippen molar-refractivity contribution in [2.75, 3.05) is 0 Å². The molecule has 0 spiro atoms. The lowest BCUT2D eigenvalue weighted by Crippen LogP contribution is -2.14. The Morgan fingerprint density at radius 3 is 2.48 bits per heavy atom. The lowest BCUT2D eigenvalue weighted by atomic mass is 10.1. The summed E-state index contributed by atoms with van der Waals surface area (Å²) in [6, 6.07) is 10.6. The van der Waals surface area contributed by atoms with Crippen LogP contribution in [-0.4, -0.2) is 20.5 Å². The van der Waals surface area contributed by atoms with Crippen molar-refractivity contribution in [1.29, 1.82) is 0 Å². The maximum absolute atomic E-state index is 12.8. The van der Waals surface area contributed by atoms with E-state index < -0.39 is 0 Å². The van der Waals surface area contributed by atoms with Gasteiger partial charge in [0.05, 0.1) is 11.4 Å². The number of nitrogens with zero attached hydrogens (tertiary/aromatic N) is 2. The molecule has 0 aliphatic heterocycles. The maximum Gasteiger partial charge on any atom is 0.267 e. The highest BCUT2D eigenvalue weighted by Gasteiger charge is 2.19. The van der Waals surface area contributed by atoms with Crippen LogP contribution in [0.3, 0.4) is 0 Å². The van der Waals surface area contributed by atoms with Crippen LogP contribution in [-0.2, 0) is 13.5 Å². The van der Waals surface area contributed by atoms with Gasteiger partial charge in [-0.25, -0.2) is 5.10 Å². The van der Waals surface area contributed by atoms with Crippen molar-refractivity contribution >= 4 is 17.4 Å². The smallest absolute Gasteiger partial charge is 0.267 e. The van der Waals surface area contributed by atoms with Gasteiger partial charge in [0.1, 0.15) is 0 Å². The minimum Gasteiger partial charge on any atom is -0.344 e. The standard InChI is InChI=1S/C19H18ClN3O2/c1-11-9-16(10-15-8-12(2)19(25)22-21-15)23(3)17(11)18(24)13-4-6-14(20)7-5-13/h4-9H,10H2,1-3H3,(H,22,25). The molecule has 1 N–H and O–H groups in total. The van der Waals surface area contributed by atoms with Gasteiger partial charge in [-0.1, -0.05) is 11.6 Å². The first-order chi connectivity index (χ1) is 11.9. The van der Waals surface area contributed by atoms with E-state index in [0.717, 1.165) is 17.0 Å². The van der Waals surface area contributed by atoms with Gasteiger partial charge in [-0.3, -0.25) is 9.59 Å². The van der Waals surface area contributed by atoms with E-state index in [-0.39, 0.29) is 11.3 Å². The molecular formula is C19H18ClN3O2. The van der Waals surface area contributed by atoms with E-state index in [0.29, 0.717) is 28.3 Å². The third kappa shape index (κ3) is 3.42. The monoisotopic (exact) mass is 355 g/mol. The molecule has 0 fully saturated rings. The molecule has 3 rings (SSSR count). The van der Waals surface area contributed by atoms with E-state index in [1.54, 1.807) is 37.3 Å². The second-order valence-corrected chi connectivity index (χ2v) is 6.55. The molecular weight excluding hydrogens is 338 g/mol. The second-order valence-electron chi connectivity index (χ2n) is 6.11. The predicted octanol–water partition coefficient (Wildman–Crippen LogP) is 3.20. The fourth-order valence-corrected chi connectivity index (χ4v) is 3.02. The summed E-state index contributed by atoms with van der Waals surface area (Å²) in [5.41, 5.74) is 4.27. The van der Waals surface area contributed by atoms with Crippen molar-refractivity contribution in [3.8, 4) is 0 Å². The largest absolute Gasteiger partial charge is 0.344 e. The minimum absolute atomic E-state index is 0.0477. The fraction of sp³-hybridized carbons (Fsp3) is 0.211. The van der Waals surface area contributed by atoms with Crippen LogP contribution in [0.2, 0.25) is 5.02 Å². The average molecular weight is 356 g/mol. The number of H-pyrrole nitrogens is 1. The van der Waals surface area contributed by atoms with E-state index >= 15 is 0 Å². The zero-order valence-electron chi connectivity index (χ0n) is 14.3. The zero-order valence-corrected chi connectivity index (χ0v) is 15.0. The molecule has 0 saturated heterocycles. The molecule has 2 heterocycles. The normalized spacial score (nSPS) is 10.9. The number of carbonyl (C=O) groups is 1. The zero-order chi connectivity index (χ0) is 18.1. The molecule has 0 saturated carbocycles. The molecule has 5 nitrogen and oxygen atoms in total. The fourth-order valence-electron chi connectivity index (χ4n) is 2.90. The Morgan fingerprint density at radius 1 is 1.16 bits per heavy atom. The summed E-state index contributed by atoms with van der Waals surface area (Å²) in [6.07, 6.45) is 0.531. The predicted molar refractivity (Wildman–Crippen MR) is 97.4 cm³/mol. The summed E-state index contributed by atoms with van der Waals surface area (Å²) in [6.45, 7) is 3.66. The Labute approximate surface area is 150 Å². The topological polar surface area (TPSA) is 67.8 Å². The van der Waals surface area contributed by atoms with E-state index in [9.17, 15) is 9.59 Å². The molecule has 0 atom stereocenters. The van der Waals surface area contributed by atoms with Gasteiger partial charge < -0.3 is 4.57 Å². The number of ketones is 1. The number of rotatable bonds is 4. The molecule has 25 heavy (non-hydrogen) atoms. The highest BCUT2D eigenvalue weighted by molar-refractivity contribution is 6.30. The summed E-state index contributed by atoms with van der Waals surface area (Å²) >= 11 is 5.89. The number of aromatic nitrogens is 3. The average Bonchev–Trinajstić information content (AvgIpc) is 2.85. The van der Waals surface area contributed by atoms with E-state index in [2.05, 4.69) is 10.2 Å². The summed E-state index contributed by atoms with van der Waals surface area (Å²) in [4.78, 5) is 24.3. The van der Waals surface area contributed by atoms with Crippen LogP contribution in [0.5, 0.6) is 0 Å². The summed E-state index contributed by atoms with van der Waals surface area (Å²) in [7, 11) is 1.87. The molecule has 0 aliphatic rings. The van der Waals surface area contributed by atoms with Gasteiger partial charge >= 0.3 is 0 Å². The van der Waals surface area contributed by atoms with Crippen LogP contribution < -0.4 is 5.56 Å². The number of hydrogen-bond acceptors (Lipinski definition) is 3. The first-order valence-electron chi connectivity index (χ1n) is 7.87. The second kappa shape index (κ2) is 6.69. The van der Waals surface area contributed by atoms with Gasteiger partial charge in [0.15, 0.2) is 0 Å². The number of aryl methyl sites for hydroxylation is 2. The molecule has 2 aromatic heterocycles. The van der Waals surface area contributed by atoms with Crippen molar-refractivity contribution in [3.05, 3.63) is 85.5 Å². The summed E-state index contributed by atoms with van der Waals surface area (Å²) in [5, 5.41) is 7.16. The van der Waals surface area contributed by atoms with Crippen molar-refractivity contribution in [2.24, 2.45) is 7.05 Å². The molecule has 0 aliphatic carbocycles. The van der Waals surface area contributed by atoms with Gasteiger partial charge in [-0.15, -0.1) is 0 Å². The number of aromatic amines is 1. The Bertz CT molecular complexity index is 1000. The number of carbonyl (C=O) groups excluding carboxylic acids is 1. The first kappa shape index (κ1) is 17.2. The molecule has 0 unspecified atom stereocenters. The lowest BCUT2D eigenvalue weighted by Gasteiger charge is -2.08. The first-order valence-corrected chi connectivity index (χ1v) is 8.25. The third-order valence-corrected chi connectivity index (χ3v) is 4.50. The number of nitrogens with one attached hydrogen (secondary N) is 1. The highest BCUT2D eigenvalue weighted by atomic mass is 35.5. The van der Waals surface area contributed by atoms with Gasteiger partial charge in [0, 0.05) is 35.3 Å². The molecule has 3 aromatic rings. The quantitative estimate of drug-likeness (QED) is 0.731. The maximum atomic E-state index is 12.8. The van der Waals surface area contributed by atoms with Crippen LogP contribution in [0, 0.1) is 13.8 Å². The van der Waals surface area contributed by atoms with Gasteiger partial charge in [0.25, 0.3) is 5.56 Å². The third-order valence-electron chi connectivity index (χ3n) is 4.25. The van der Waals surface area contributed by atoms with Crippen molar-refractivity contribution in [1.82, 2.24) is 14.8 Å². The van der Waals surface area contributed by atoms with Gasteiger partial charge in [-0.05, 0) is 55.8 Å². The Kier molecular flexibility index (Phi) is 4.59. The summed E-state index contributed by atoms with van der Waals surface area (Å²) < 4.78 is 1.88. The van der Waals surface area contributed by atoms with Crippen LogP contribution >= 0.6 is 11.6 Å². The molecule has 128 valence electrons. The number of hydrogen-bond donors (Lipinski definition) is 1. The minimum atomic E-state index is -0.189. The van der Waals surface area contributed by atoms with Gasteiger partial charge in [-0.2, -0.15) is 5.10 Å². The molecule has 0 radical (unpaired) electrons. The van der Waals surface area contributed by atoms with E-state index in [4.69, 9.17) is 11.6 Å². The van der Waals surface area contributed by atoms with Crippen LogP contribution in [0.25, 0.3) is 0 Å². The number of benzene rings is 1. The van der Waals surface area contributed by atoms with Crippen LogP contribution in [0.1, 0.15) is 38.6 Å². The molecule has 0 amide bonds. The highest BCUT2D eigenvalue weighted by Crippen LogP contribution is 2.21. The van der Waals surface area contributed by atoms with E-state index in [1.165, 1.54) is 0 Å². The molecule has 1 aromatic carbocycles. The van der Waals surface area contributed by atoms with Crippen molar-refractivity contribution < 1.29 is 4.79 Å². The summed E-state index contributed by atoms with van der Waals surface area (Å²) in [5.74, 6) is -0.0477. The Hall–Kier alpha value is -2.66. The van der Waals surface area contributed by atoms with Crippen LogP contribution in [0.15, 0.2) is 41.2 Å². The lowest BCUT2D eigenvalue weighted by molar-refractivity contribution is 0.103. The Morgan fingerprint density at radius 2 is 1.84 bits per heavy atom. The van der Waals surface area contributed by atoms with Crippen LogP contribution in [0.4, 0.5) is 0 Å². The van der Waals surface area contributed by atoms with Crippen molar-refractivity contribution in [2.45, 2.75) is 20.3 Å². The molecule has 6 heteroatoms. The van der Waals surface area contributed by atoms with E-state index in [1.807, 2.05) is 24.6 Å². The van der Waals surface area contributed by atoms with Gasteiger partial charge in [0.2, 0.25) is 5.78 Å². The molecule has 0 bridgehead atoms. The Balaban J connectivity index is 1.95.